The minimum atomic E-state index is -0.0450. The molecule has 0 radical (unpaired) electrons. The number of urea groups is 1. The van der Waals surface area contributed by atoms with Crippen molar-refractivity contribution < 1.29 is 4.79 Å². The van der Waals surface area contributed by atoms with E-state index in [4.69, 9.17) is 0 Å². The molecular formula is C12H20N4O. The lowest BCUT2D eigenvalue weighted by atomic mass is 9.96. The van der Waals surface area contributed by atoms with E-state index < -0.39 is 0 Å². The first-order valence-electron chi connectivity index (χ1n) is 6.37. The molecule has 5 nitrogen and oxygen atoms in total. The molecule has 1 aliphatic rings. The molecule has 0 bridgehead atoms. The maximum absolute atomic E-state index is 11.6. The van der Waals surface area contributed by atoms with Crippen molar-refractivity contribution in [1.29, 1.82) is 0 Å². The van der Waals surface area contributed by atoms with Crippen molar-refractivity contribution in [2.75, 3.05) is 6.54 Å². The number of nitrogens with one attached hydrogen (secondary N) is 3. The van der Waals surface area contributed by atoms with Gasteiger partial charge in [0.1, 0.15) is 0 Å². The number of aromatic amines is 1. The summed E-state index contributed by atoms with van der Waals surface area (Å²) in [5, 5.41) is 12.6. The van der Waals surface area contributed by atoms with Crippen molar-refractivity contribution in [2.45, 2.75) is 44.6 Å². The molecule has 0 atom stereocenters. The molecule has 1 aliphatic carbocycles. The Kier molecular flexibility index (Phi) is 4.41. The third kappa shape index (κ3) is 4.09. The fourth-order valence-corrected chi connectivity index (χ4v) is 2.22. The summed E-state index contributed by atoms with van der Waals surface area (Å²) in [7, 11) is 0. The van der Waals surface area contributed by atoms with Gasteiger partial charge in [0.15, 0.2) is 0 Å². The maximum atomic E-state index is 11.6. The van der Waals surface area contributed by atoms with Crippen LogP contribution in [0.2, 0.25) is 0 Å². The minimum Gasteiger partial charge on any atom is -0.338 e. The molecular weight excluding hydrogens is 216 g/mol. The molecule has 2 rings (SSSR count). The van der Waals surface area contributed by atoms with E-state index in [1.165, 1.54) is 19.3 Å². The molecule has 5 heteroatoms. The summed E-state index contributed by atoms with van der Waals surface area (Å²) in [4.78, 5) is 11.6. The van der Waals surface area contributed by atoms with Crippen LogP contribution in [0.15, 0.2) is 12.3 Å². The molecule has 3 N–H and O–H groups in total. The molecule has 1 saturated carbocycles. The zero-order valence-corrected chi connectivity index (χ0v) is 10.0. The fraction of sp³-hybridized carbons (Fsp3) is 0.667. The Morgan fingerprint density at radius 1 is 1.41 bits per heavy atom. The lowest BCUT2D eigenvalue weighted by Gasteiger charge is -2.22. The lowest BCUT2D eigenvalue weighted by Crippen LogP contribution is -2.43. The number of H-pyrrole nitrogens is 1. The van der Waals surface area contributed by atoms with E-state index in [9.17, 15) is 4.79 Å². The summed E-state index contributed by atoms with van der Waals surface area (Å²) >= 11 is 0. The second-order valence-corrected chi connectivity index (χ2v) is 4.57. The molecule has 1 fully saturated rings. The van der Waals surface area contributed by atoms with Gasteiger partial charge in [-0.25, -0.2) is 4.79 Å². The minimum absolute atomic E-state index is 0.0450. The predicted octanol–water partition coefficient (Wildman–Crippen LogP) is 1.58. The first-order valence-corrected chi connectivity index (χ1v) is 6.37. The molecule has 0 spiro atoms. The van der Waals surface area contributed by atoms with Crippen LogP contribution < -0.4 is 10.6 Å². The van der Waals surface area contributed by atoms with Crippen LogP contribution in [0.3, 0.4) is 0 Å². The number of rotatable bonds is 4. The van der Waals surface area contributed by atoms with Gasteiger partial charge in [-0.2, -0.15) is 5.10 Å². The second kappa shape index (κ2) is 6.27. The molecule has 94 valence electrons. The van der Waals surface area contributed by atoms with Crippen molar-refractivity contribution in [3.8, 4) is 0 Å². The number of amides is 2. The first kappa shape index (κ1) is 12.0. The van der Waals surface area contributed by atoms with Crippen LogP contribution in [0.25, 0.3) is 0 Å². The van der Waals surface area contributed by atoms with Crippen molar-refractivity contribution in [3.63, 3.8) is 0 Å². The Bertz CT molecular complexity index is 330. The second-order valence-electron chi connectivity index (χ2n) is 4.57. The van der Waals surface area contributed by atoms with Gasteiger partial charge in [-0.1, -0.05) is 19.3 Å². The topological polar surface area (TPSA) is 69.8 Å². The molecule has 0 unspecified atom stereocenters. The Morgan fingerprint density at radius 2 is 2.24 bits per heavy atom. The van der Waals surface area contributed by atoms with Crippen LogP contribution in [0.1, 0.15) is 37.8 Å². The van der Waals surface area contributed by atoms with E-state index >= 15 is 0 Å². The summed E-state index contributed by atoms with van der Waals surface area (Å²) < 4.78 is 0. The van der Waals surface area contributed by atoms with E-state index in [-0.39, 0.29) is 6.03 Å². The number of hydrogen-bond acceptors (Lipinski definition) is 2. The van der Waals surface area contributed by atoms with Crippen molar-refractivity contribution in [2.24, 2.45) is 0 Å². The Labute approximate surface area is 101 Å². The zero-order chi connectivity index (χ0) is 11.9. The fourth-order valence-electron chi connectivity index (χ4n) is 2.22. The Balaban J connectivity index is 1.60. The summed E-state index contributed by atoms with van der Waals surface area (Å²) in [6, 6.07) is 2.24. The molecule has 0 aromatic carbocycles. The average molecular weight is 236 g/mol. The Morgan fingerprint density at radius 3 is 2.94 bits per heavy atom. The smallest absolute Gasteiger partial charge is 0.315 e. The quantitative estimate of drug-likeness (QED) is 0.743. The van der Waals surface area contributed by atoms with E-state index in [1.807, 2.05) is 6.07 Å². The third-order valence-corrected chi connectivity index (χ3v) is 3.18. The van der Waals surface area contributed by atoms with Gasteiger partial charge in [-0.05, 0) is 18.9 Å². The van der Waals surface area contributed by atoms with Crippen LogP contribution in [-0.4, -0.2) is 28.8 Å². The van der Waals surface area contributed by atoms with Crippen LogP contribution in [0.4, 0.5) is 4.79 Å². The van der Waals surface area contributed by atoms with Gasteiger partial charge >= 0.3 is 6.03 Å². The summed E-state index contributed by atoms with van der Waals surface area (Å²) in [6.45, 7) is 0.640. The summed E-state index contributed by atoms with van der Waals surface area (Å²) in [5.41, 5.74) is 1.04. The normalized spacial score (nSPS) is 16.7. The van der Waals surface area contributed by atoms with Gasteiger partial charge in [-0.3, -0.25) is 5.10 Å². The highest BCUT2D eigenvalue weighted by Gasteiger charge is 2.14. The van der Waals surface area contributed by atoms with E-state index in [0.29, 0.717) is 12.6 Å². The molecule has 17 heavy (non-hydrogen) atoms. The van der Waals surface area contributed by atoms with Gasteiger partial charge < -0.3 is 10.6 Å². The van der Waals surface area contributed by atoms with Gasteiger partial charge in [-0.15, -0.1) is 0 Å². The summed E-state index contributed by atoms with van der Waals surface area (Å²) in [5.74, 6) is 0. The monoisotopic (exact) mass is 236 g/mol. The van der Waals surface area contributed by atoms with Gasteiger partial charge in [0.2, 0.25) is 0 Å². The third-order valence-electron chi connectivity index (χ3n) is 3.18. The number of hydrogen-bond donors (Lipinski definition) is 3. The van der Waals surface area contributed by atoms with Crippen molar-refractivity contribution >= 4 is 6.03 Å². The SMILES string of the molecule is O=C(NCCc1ccn[nH]1)NC1CCCCC1. The van der Waals surface area contributed by atoms with E-state index in [2.05, 4.69) is 20.8 Å². The van der Waals surface area contributed by atoms with Gasteiger partial charge in [0.25, 0.3) is 0 Å². The van der Waals surface area contributed by atoms with Crippen molar-refractivity contribution in [1.82, 2.24) is 20.8 Å². The van der Waals surface area contributed by atoms with Crippen molar-refractivity contribution in [3.05, 3.63) is 18.0 Å². The number of carbonyl (C=O) groups excluding carboxylic acids is 1. The number of aromatic nitrogens is 2. The maximum Gasteiger partial charge on any atom is 0.315 e. The largest absolute Gasteiger partial charge is 0.338 e. The zero-order valence-electron chi connectivity index (χ0n) is 10.0. The van der Waals surface area contributed by atoms with Gasteiger partial charge in [0.05, 0.1) is 0 Å². The van der Waals surface area contributed by atoms with E-state index in [0.717, 1.165) is 25.0 Å². The first-order chi connectivity index (χ1) is 8.34. The van der Waals surface area contributed by atoms with Gasteiger partial charge in [0, 0.05) is 30.9 Å². The number of carbonyl (C=O) groups is 1. The standard InChI is InChI=1S/C12H20N4O/c17-12(15-10-4-2-1-3-5-10)13-8-6-11-7-9-14-16-11/h7,9-10H,1-6,8H2,(H,14,16)(H2,13,15,17). The highest BCUT2D eigenvalue weighted by Crippen LogP contribution is 2.16. The molecule has 1 heterocycles. The highest BCUT2D eigenvalue weighted by atomic mass is 16.2. The van der Waals surface area contributed by atoms with E-state index in [1.54, 1.807) is 6.20 Å². The predicted molar refractivity (Wildman–Crippen MR) is 65.7 cm³/mol. The van der Waals surface area contributed by atoms with Crippen LogP contribution >= 0.6 is 0 Å². The van der Waals surface area contributed by atoms with Crippen LogP contribution in [0.5, 0.6) is 0 Å². The average Bonchev–Trinajstić information content (AvgIpc) is 2.83. The van der Waals surface area contributed by atoms with Crippen LogP contribution in [-0.2, 0) is 6.42 Å². The molecule has 0 aliphatic heterocycles. The number of nitrogens with zero attached hydrogens (tertiary/aromatic N) is 1. The molecule has 1 aromatic heterocycles. The van der Waals surface area contributed by atoms with Crippen LogP contribution in [0, 0.1) is 0 Å². The lowest BCUT2D eigenvalue weighted by molar-refractivity contribution is 0.233. The molecule has 0 saturated heterocycles. The highest BCUT2D eigenvalue weighted by molar-refractivity contribution is 5.74. The molecule has 2 amide bonds. The Hall–Kier alpha value is -1.52. The summed E-state index contributed by atoms with van der Waals surface area (Å²) in [6.07, 6.45) is 8.52. The molecule has 1 aromatic rings.